The molecule has 1 aromatic rings. The molecule has 2 rings (SSSR count). The van der Waals surface area contributed by atoms with Crippen LogP contribution in [0.3, 0.4) is 0 Å². The summed E-state index contributed by atoms with van der Waals surface area (Å²) < 4.78 is 13.0. The summed E-state index contributed by atoms with van der Waals surface area (Å²) in [7, 11) is 0. The van der Waals surface area contributed by atoms with Gasteiger partial charge in [-0.15, -0.1) is 0 Å². The number of hydrogen-bond acceptors (Lipinski definition) is 2. The largest absolute Gasteiger partial charge is 0.387 e. The Hall–Kier alpha value is -0.640. The van der Waals surface area contributed by atoms with Crippen LogP contribution < -0.4 is 5.32 Å². The fraction of sp³-hybridized carbons (Fsp3) is 0.400. The first-order valence-electron chi connectivity index (χ1n) is 4.47. The molecule has 1 aliphatic heterocycles. The number of nitrogens with one attached hydrogen (secondary N) is 1. The van der Waals surface area contributed by atoms with Crippen LogP contribution in [0.2, 0.25) is 5.02 Å². The van der Waals surface area contributed by atoms with Gasteiger partial charge in [-0.3, -0.25) is 0 Å². The van der Waals surface area contributed by atoms with Gasteiger partial charge in [0, 0.05) is 19.5 Å². The molecule has 0 radical (unpaired) electrons. The van der Waals surface area contributed by atoms with Gasteiger partial charge in [0.2, 0.25) is 0 Å². The molecule has 0 aliphatic carbocycles. The molecule has 14 heavy (non-hydrogen) atoms. The zero-order chi connectivity index (χ0) is 10.2. The van der Waals surface area contributed by atoms with E-state index in [1.165, 1.54) is 6.07 Å². The molecule has 1 fully saturated rings. The quantitative estimate of drug-likeness (QED) is 0.781. The van der Waals surface area contributed by atoms with Crippen molar-refractivity contribution in [3.63, 3.8) is 0 Å². The lowest BCUT2D eigenvalue weighted by atomic mass is 9.89. The SMILES string of the molecule is OC1(Cc2cccc(F)c2Cl)CNC1. The summed E-state index contributed by atoms with van der Waals surface area (Å²) >= 11 is 5.77. The third kappa shape index (κ3) is 1.75. The molecule has 4 heteroatoms. The molecule has 1 heterocycles. The molecule has 0 aromatic heterocycles. The van der Waals surface area contributed by atoms with E-state index in [9.17, 15) is 9.50 Å². The minimum Gasteiger partial charge on any atom is -0.387 e. The molecule has 0 unspecified atom stereocenters. The molecule has 1 saturated heterocycles. The van der Waals surface area contributed by atoms with Crippen LogP contribution in [0.25, 0.3) is 0 Å². The fourth-order valence-corrected chi connectivity index (χ4v) is 1.77. The Kier molecular flexibility index (Phi) is 2.47. The number of rotatable bonds is 2. The first-order valence-corrected chi connectivity index (χ1v) is 4.84. The van der Waals surface area contributed by atoms with E-state index in [4.69, 9.17) is 11.6 Å². The number of halogens is 2. The number of aliphatic hydroxyl groups is 1. The summed E-state index contributed by atoms with van der Waals surface area (Å²) in [6.07, 6.45) is 0.399. The van der Waals surface area contributed by atoms with Crippen LogP contribution in [0.15, 0.2) is 18.2 Å². The van der Waals surface area contributed by atoms with Gasteiger partial charge in [0.05, 0.1) is 10.6 Å². The van der Waals surface area contributed by atoms with Crippen LogP contribution in [0.5, 0.6) is 0 Å². The number of benzene rings is 1. The van der Waals surface area contributed by atoms with Gasteiger partial charge in [0.1, 0.15) is 5.82 Å². The van der Waals surface area contributed by atoms with Crippen molar-refractivity contribution in [3.8, 4) is 0 Å². The second-order valence-electron chi connectivity index (χ2n) is 3.72. The predicted molar refractivity (Wildman–Crippen MR) is 52.9 cm³/mol. The van der Waals surface area contributed by atoms with Gasteiger partial charge in [-0.05, 0) is 11.6 Å². The third-order valence-corrected chi connectivity index (χ3v) is 2.88. The molecule has 0 atom stereocenters. The van der Waals surface area contributed by atoms with Gasteiger partial charge in [-0.25, -0.2) is 4.39 Å². The van der Waals surface area contributed by atoms with E-state index in [1.807, 2.05) is 0 Å². The topological polar surface area (TPSA) is 32.3 Å². The molecule has 0 spiro atoms. The van der Waals surface area contributed by atoms with E-state index in [2.05, 4.69) is 5.32 Å². The summed E-state index contributed by atoms with van der Waals surface area (Å²) in [5, 5.41) is 12.9. The van der Waals surface area contributed by atoms with Crippen LogP contribution in [-0.4, -0.2) is 23.8 Å². The average molecular weight is 216 g/mol. The van der Waals surface area contributed by atoms with Crippen molar-refractivity contribution in [1.29, 1.82) is 0 Å². The molecule has 0 saturated carbocycles. The van der Waals surface area contributed by atoms with E-state index in [-0.39, 0.29) is 5.02 Å². The van der Waals surface area contributed by atoms with E-state index >= 15 is 0 Å². The van der Waals surface area contributed by atoms with Crippen molar-refractivity contribution in [2.75, 3.05) is 13.1 Å². The third-order valence-electron chi connectivity index (χ3n) is 2.46. The van der Waals surface area contributed by atoms with Crippen LogP contribution in [-0.2, 0) is 6.42 Å². The standard InChI is InChI=1S/C10H11ClFNO/c11-9-7(2-1-3-8(9)12)4-10(14)5-13-6-10/h1-3,13-14H,4-6H2. The van der Waals surface area contributed by atoms with Gasteiger partial charge in [0.25, 0.3) is 0 Å². The average Bonchev–Trinajstić information content (AvgIpc) is 2.10. The van der Waals surface area contributed by atoms with Gasteiger partial charge >= 0.3 is 0 Å². The smallest absolute Gasteiger partial charge is 0.142 e. The first kappa shape index (κ1) is 9.90. The maximum atomic E-state index is 13.0. The Morgan fingerprint density at radius 3 is 2.79 bits per heavy atom. The van der Waals surface area contributed by atoms with Gasteiger partial charge < -0.3 is 10.4 Å². The zero-order valence-corrected chi connectivity index (χ0v) is 8.31. The summed E-state index contributed by atoms with van der Waals surface area (Å²) in [5.74, 6) is -0.431. The predicted octanol–water partition coefficient (Wildman–Crippen LogP) is 1.36. The molecule has 0 bridgehead atoms. The van der Waals surface area contributed by atoms with Crippen LogP contribution in [0.1, 0.15) is 5.56 Å². The second-order valence-corrected chi connectivity index (χ2v) is 4.10. The van der Waals surface area contributed by atoms with E-state index < -0.39 is 11.4 Å². The van der Waals surface area contributed by atoms with Gasteiger partial charge in [0.15, 0.2) is 0 Å². The summed E-state index contributed by atoms with van der Waals surface area (Å²) in [4.78, 5) is 0. The Bertz CT molecular complexity index is 352. The van der Waals surface area contributed by atoms with Gasteiger partial charge in [-0.1, -0.05) is 23.7 Å². The Morgan fingerprint density at radius 2 is 2.21 bits per heavy atom. The van der Waals surface area contributed by atoms with Crippen LogP contribution in [0.4, 0.5) is 4.39 Å². The monoisotopic (exact) mass is 215 g/mol. The number of hydrogen-bond donors (Lipinski definition) is 2. The van der Waals surface area contributed by atoms with E-state index in [1.54, 1.807) is 12.1 Å². The van der Waals surface area contributed by atoms with Crippen LogP contribution in [0, 0.1) is 5.82 Å². The molecule has 2 nitrogen and oxygen atoms in total. The molecule has 0 amide bonds. The van der Waals surface area contributed by atoms with E-state index in [0.29, 0.717) is 25.1 Å². The van der Waals surface area contributed by atoms with Crippen molar-refractivity contribution in [3.05, 3.63) is 34.6 Å². The summed E-state index contributed by atoms with van der Waals surface area (Å²) in [6, 6.07) is 4.66. The maximum absolute atomic E-state index is 13.0. The van der Waals surface area contributed by atoms with Crippen molar-refractivity contribution in [2.24, 2.45) is 0 Å². The minimum absolute atomic E-state index is 0.118. The molecule has 76 valence electrons. The number of β-amino-alcohol motifs (C(OH)–C–C–N with tert-alkyl or cyclic N) is 1. The minimum atomic E-state index is -0.753. The highest BCUT2D eigenvalue weighted by atomic mass is 35.5. The normalized spacial score (nSPS) is 19.1. The Labute approximate surface area is 86.7 Å². The lowest BCUT2D eigenvalue weighted by molar-refractivity contribution is -0.00904. The highest BCUT2D eigenvalue weighted by molar-refractivity contribution is 6.31. The molecular weight excluding hydrogens is 205 g/mol. The molecular formula is C10H11ClFNO. The van der Waals surface area contributed by atoms with Crippen molar-refractivity contribution in [2.45, 2.75) is 12.0 Å². The molecule has 2 N–H and O–H groups in total. The van der Waals surface area contributed by atoms with Crippen molar-refractivity contribution < 1.29 is 9.50 Å². The highest BCUT2D eigenvalue weighted by Crippen LogP contribution is 2.25. The summed E-state index contributed by atoms with van der Waals surface area (Å²) in [5.41, 5.74) is -0.0899. The molecule has 1 aromatic carbocycles. The lowest BCUT2D eigenvalue weighted by Crippen LogP contribution is -2.60. The van der Waals surface area contributed by atoms with Crippen LogP contribution >= 0.6 is 11.6 Å². The Morgan fingerprint density at radius 1 is 1.50 bits per heavy atom. The summed E-state index contributed by atoms with van der Waals surface area (Å²) in [6.45, 7) is 1.08. The lowest BCUT2D eigenvalue weighted by Gasteiger charge is -2.37. The molecule has 1 aliphatic rings. The Balaban J connectivity index is 2.20. The highest BCUT2D eigenvalue weighted by Gasteiger charge is 2.34. The first-order chi connectivity index (χ1) is 6.61. The maximum Gasteiger partial charge on any atom is 0.142 e. The van der Waals surface area contributed by atoms with Crippen molar-refractivity contribution in [1.82, 2.24) is 5.32 Å². The van der Waals surface area contributed by atoms with E-state index in [0.717, 1.165) is 0 Å². The zero-order valence-electron chi connectivity index (χ0n) is 7.56. The fourth-order valence-electron chi connectivity index (χ4n) is 1.58. The second kappa shape index (κ2) is 3.50. The van der Waals surface area contributed by atoms with Gasteiger partial charge in [-0.2, -0.15) is 0 Å². The van der Waals surface area contributed by atoms with Crippen molar-refractivity contribution >= 4 is 11.6 Å².